The summed E-state index contributed by atoms with van der Waals surface area (Å²) in [7, 11) is 0. The van der Waals surface area contributed by atoms with Gasteiger partial charge in [-0.25, -0.2) is 0 Å². The van der Waals surface area contributed by atoms with Crippen molar-refractivity contribution in [2.24, 2.45) is 5.92 Å². The molecule has 110 valence electrons. The molecule has 3 nitrogen and oxygen atoms in total. The average Bonchev–Trinajstić information content (AvgIpc) is 2.48. The maximum absolute atomic E-state index is 12.1. The molecule has 0 saturated heterocycles. The van der Waals surface area contributed by atoms with Gasteiger partial charge in [0.25, 0.3) is 5.91 Å². The highest BCUT2D eigenvalue weighted by Gasteiger charge is 2.05. The summed E-state index contributed by atoms with van der Waals surface area (Å²) in [5.41, 5.74) is 1.38. The number of ether oxygens (including phenoxy) is 1. The van der Waals surface area contributed by atoms with E-state index in [4.69, 9.17) is 4.74 Å². The van der Waals surface area contributed by atoms with Crippen molar-refractivity contribution in [3.63, 3.8) is 0 Å². The molecule has 0 fully saturated rings. The minimum absolute atomic E-state index is 0.116. The van der Waals surface area contributed by atoms with Gasteiger partial charge in [0.15, 0.2) is 0 Å². The number of anilines is 1. The quantitative estimate of drug-likeness (QED) is 0.855. The molecule has 0 unspecified atom stereocenters. The number of carbonyl (C=O) groups is 1. The van der Waals surface area contributed by atoms with Gasteiger partial charge in [-0.05, 0) is 36.6 Å². The van der Waals surface area contributed by atoms with Gasteiger partial charge in [0.1, 0.15) is 5.75 Å². The molecule has 0 heterocycles. The van der Waals surface area contributed by atoms with E-state index in [1.165, 1.54) is 0 Å². The Morgan fingerprint density at radius 2 is 1.86 bits per heavy atom. The molecule has 0 spiro atoms. The van der Waals surface area contributed by atoms with E-state index < -0.39 is 0 Å². The summed E-state index contributed by atoms with van der Waals surface area (Å²) in [6, 6.07) is 16.7. The van der Waals surface area contributed by atoms with Gasteiger partial charge < -0.3 is 10.1 Å². The van der Waals surface area contributed by atoms with Gasteiger partial charge >= 0.3 is 0 Å². The SMILES string of the molecule is CC(C)CCOc1cccc(NC(=O)c2ccccc2)c1. The third-order valence-electron chi connectivity index (χ3n) is 3.09. The molecule has 2 aromatic carbocycles. The van der Waals surface area contributed by atoms with Gasteiger partial charge in [-0.15, -0.1) is 0 Å². The fourth-order valence-corrected chi connectivity index (χ4v) is 1.87. The third kappa shape index (κ3) is 4.95. The van der Waals surface area contributed by atoms with Crippen LogP contribution in [-0.2, 0) is 0 Å². The molecule has 0 aliphatic heterocycles. The van der Waals surface area contributed by atoms with Crippen molar-refractivity contribution in [1.82, 2.24) is 0 Å². The standard InChI is InChI=1S/C18H21NO2/c1-14(2)11-12-21-17-10-6-9-16(13-17)19-18(20)15-7-4-3-5-8-15/h3-10,13-14H,11-12H2,1-2H3,(H,19,20). The molecule has 0 aliphatic carbocycles. The average molecular weight is 283 g/mol. The molecule has 0 atom stereocenters. The summed E-state index contributed by atoms with van der Waals surface area (Å²) in [4.78, 5) is 12.1. The zero-order valence-corrected chi connectivity index (χ0v) is 12.5. The first-order valence-electron chi connectivity index (χ1n) is 7.24. The molecule has 0 aromatic heterocycles. The summed E-state index contributed by atoms with van der Waals surface area (Å²) in [6.45, 7) is 5.02. The van der Waals surface area contributed by atoms with Gasteiger partial charge in [-0.1, -0.05) is 38.1 Å². The lowest BCUT2D eigenvalue weighted by Crippen LogP contribution is -2.11. The van der Waals surface area contributed by atoms with E-state index in [0.29, 0.717) is 18.1 Å². The van der Waals surface area contributed by atoms with Crippen LogP contribution in [0.15, 0.2) is 54.6 Å². The zero-order valence-electron chi connectivity index (χ0n) is 12.5. The lowest BCUT2D eigenvalue weighted by Gasteiger charge is -2.10. The van der Waals surface area contributed by atoms with E-state index >= 15 is 0 Å². The number of nitrogens with one attached hydrogen (secondary N) is 1. The molecular weight excluding hydrogens is 262 g/mol. The summed E-state index contributed by atoms with van der Waals surface area (Å²) < 4.78 is 5.69. The summed E-state index contributed by atoms with van der Waals surface area (Å²) in [5, 5.41) is 2.88. The van der Waals surface area contributed by atoms with E-state index in [-0.39, 0.29) is 5.91 Å². The first kappa shape index (κ1) is 15.1. The molecule has 1 amide bonds. The van der Waals surface area contributed by atoms with Crippen LogP contribution in [0.5, 0.6) is 5.75 Å². The maximum atomic E-state index is 12.1. The second kappa shape index (κ2) is 7.48. The fourth-order valence-electron chi connectivity index (χ4n) is 1.87. The molecule has 2 rings (SSSR count). The normalized spacial score (nSPS) is 10.4. The van der Waals surface area contributed by atoms with Gasteiger partial charge in [-0.2, -0.15) is 0 Å². The molecule has 0 bridgehead atoms. The first-order chi connectivity index (χ1) is 10.1. The summed E-state index contributed by atoms with van der Waals surface area (Å²) in [5.74, 6) is 1.28. The van der Waals surface area contributed by atoms with Crippen molar-refractivity contribution >= 4 is 11.6 Å². The van der Waals surface area contributed by atoms with Gasteiger partial charge in [0.2, 0.25) is 0 Å². The monoisotopic (exact) mass is 283 g/mol. The molecule has 21 heavy (non-hydrogen) atoms. The second-order valence-electron chi connectivity index (χ2n) is 5.38. The number of rotatable bonds is 6. The van der Waals surface area contributed by atoms with Crippen LogP contribution >= 0.6 is 0 Å². The Morgan fingerprint density at radius 1 is 1.10 bits per heavy atom. The molecule has 0 radical (unpaired) electrons. The largest absolute Gasteiger partial charge is 0.494 e. The van der Waals surface area contributed by atoms with E-state index in [9.17, 15) is 4.79 Å². The Hall–Kier alpha value is -2.29. The molecule has 2 aromatic rings. The molecule has 1 N–H and O–H groups in total. The van der Waals surface area contributed by atoms with E-state index in [0.717, 1.165) is 17.9 Å². The Balaban J connectivity index is 1.96. The fraction of sp³-hybridized carbons (Fsp3) is 0.278. The highest BCUT2D eigenvalue weighted by atomic mass is 16.5. The topological polar surface area (TPSA) is 38.3 Å². The highest BCUT2D eigenvalue weighted by Crippen LogP contribution is 2.18. The van der Waals surface area contributed by atoms with Crippen molar-refractivity contribution in [3.05, 3.63) is 60.2 Å². The van der Waals surface area contributed by atoms with Crippen LogP contribution in [-0.4, -0.2) is 12.5 Å². The van der Waals surface area contributed by atoms with E-state index in [1.54, 1.807) is 12.1 Å². The minimum atomic E-state index is -0.116. The maximum Gasteiger partial charge on any atom is 0.255 e. The Morgan fingerprint density at radius 3 is 2.57 bits per heavy atom. The van der Waals surface area contributed by atoms with Gasteiger partial charge in [0.05, 0.1) is 6.61 Å². The van der Waals surface area contributed by atoms with Crippen LogP contribution in [0.4, 0.5) is 5.69 Å². The van der Waals surface area contributed by atoms with Crippen molar-refractivity contribution in [3.8, 4) is 5.75 Å². The minimum Gasteiger partial charge on any atom is -0.494 e. The van der Waals surface area contributed by atoms with Crippen molar-refractivity contribution in [1.29, 1.82) is 0 Å². The predicted molar refractivity (Wildman–Crippen MR) is 85.8 cm³/mol. The molecule has 0 aliphatic rings. The van der Waals surface area contributed by atoms with E-state index in [1.807, 2.05) is 42.5 Å². The Kier molecular flexibility index (Phi) is 5.38. The van der Waals surface area contributed by atoms with Crippen LogP contribution in [0.1, 0.15) is 30.6 Å². The molecule has 3 heteroatoms. The Bertz CT molecular complexity index is 579. The zero-order chi connectivity index (χ0) is 15.1. The number of hydrogen-bond donors (Lipinski definition) is 1. The number of hydrogen-bond acceptors (Lipinski definition) is 2. The number of amides is 1. The van der Waals surface area contributed by atoms with Crippen LogP contribution in [0.3, 0.4) is 0 Å². The smallest absolute Gasteiger partial charge is 0.255 e. The van der Waals surface area contributed by atoms with Crippen LogP contribution in [0.25, 0.3) is 0 Å². The van der Waals surface area contributed by atoms with Gasteiger partial charge in [-0.3, -0.25) is 4.79 Å². The van der Waals surface area contributed by atoms with E-state index in [2.05, 4.69) is 19.2 Å². The first-order valence-corrected chi connectivity index (χ1v) is 7.24. The number of benzene rings is 2. The van der Waals surface area contributed by atoms with Crippen molar-refractivity contribution in [2.75, 3.05) is 11.9 Å². The molecule has 0 saturated carbocycles. The second-order valence-corrected chi connectivity index (χ2v) is 5.38. The van der Waals surface area contributed by atoms with Crippen molar-refractivity contribution in [2.45, 2.75) is 20.3 Å². The van der Waals surface area contributed by atoms with Crippen LogP contribution in [0, 0.1) is 5.92 Å². The third-order valence-corrected chi connectivity index (χ3v) is 3.09. The Labute approximate surface area is 126 Å². The molecular formula is C18H21NO2. The lowest BCUT2D eigenvalue weighted by molar-refractivity contribution is 0.102. The van der Waals surface area contributed by atoms with Crippen LogP contribution < -0.4 is 10.1 Å². The van der Waals surface area contributed by atoms with Crippen molar-refractivity contribution < 1.29 is 9.53 Å². The van der Waals surface area contributed by atoms with Crippen LogP contribution in [0.2, 0.25) is 0 Å². The number of carbonyl (C=O) groups excluding carboxylic acids is 1. The lowest BCUT2D eigenvalue weighted by atomic mass is 10.1. The summed E-state index contributed by atoms with van der Waals surface area (Å²) >= 11 is 0. The predicted octanol–water partition coefficient (Wildman–Crippen LogP) is 4.36. The van der Waals surface area contributed by atoms with Gasteiger partial charge in [0, 0.05) is 17.3 Å². The summed E-state index contributed by atoms with van der Waals surface area (Å²) in [6.07, 6.45) is 1.01. The highest BCUT2D eigenvalue weighted by molar-refractivity contribution is 6.04.